The molecule has 2 N–H and O–H groups in total. The SMILES string of the molecule is Cc1ccc(C(=O)N(C)CC(=O)Nc2c(Cl)cccc2Cl)cc1NC(=O)c1ccccc1. The molecule has 0 aliphatic carbocycles. The standard InChI is InChI=1S/C24H21Cl2N3O3/c1-15-11-12-17(13-20(15)27-23(31)16-7-4-3-5-8-16)24(32)29(2)14-21(30)28-22-18(25)9-6-10-19(22)26/h3-13H,14H2,1-2H3,(H,27,31)(H,28,30). The number of amides is 3. The van der Waals surface area contributed by atoms with Gasteiger partial charge < -0.3 is 15.5 Å². The van der Waals surface area contributed by atoms with Gasteiger partial charge in [-0.1, -0.05) is 53.5 Å². The van der Waals surface area contributed by atoms with Gasteiger partial charge in [0.2, 0.25) is 5.91 Å². The normalized spacial score (nSPS) is 10.4. The van der Waals surface area contributed by atoms with Crippen molar-refractivity contribution < 1.29 is 14.4 Å². The number of carbonyl (C=O) groups excluding carboxylic acids is 3. The summed E-state index contributed by atoms with van der Waals surface area (Å²) in [7, 11) is 1.51. The molecule has 32 heavy (non-hydrogen) atoms. The van der Waals surface area contributed by atoms with Crippen LogP contribution in [-0.4, -0.2) is 36.2 Å². The van der Waals surface area contributed by atoms with Crippen molar-refractivity contribution >= 4 is 52.3 Å². The van der Waals surface area contributed by atoms with Gasteiger partial charge in [-0.15, -0.1) is 0 Å². The number of para-hydroxylation sites is 1. The van der Waals surface area contributed by atoms with Crippen LogP contribution in [0, 0.1) is 6.92 Å². The van der Waals surface area contributed by atoms with Crippen molar-refractivity contribution in [2.45, 2.75) is 6.92 Å². The summed E-state index contributed by atoms with van der Waals surface area (Å²) in [6.45, 7) is 1.62. The first-order chi connectivity index (χ1) is 15.3. The highest BCUT2D eigenvalue weighted by molar-refractivity contribution is 6.39. The molecule has 0 radical (unpaired) electrons. The molecule has 0 spiro atoms. The molecule has 0 aromatic heterocycles. The summed E-state index contributed by atoms with van der Waals surface area (Å²) >= 11 is 12.1. The van der Waals surface area contributed by atoms with Gasteiger partial charge in [0.05, 0.1) is 22.3 Å². The van der Waals surface area contributed by atoms with E-state index in [1.807, 2.05) is 13.0 Å². The van der Waals surface area contributed by atoms with Gasteiger partial charge in [0.15, 0.2) is 0 Å². The second kappa shape index (κ2) is 10.3. The van der Waals surface area contributed by atoms with Crippen LogP contribution >= 0.6 is 23.2 Å². The maximum Gasteiger partial charge on any atom is 0.255 e. The van der Waals surface area contributed by atoms with E-state index in [0.717, 1.165) is 5.56 Å². The molecule has 0 fully saturated rings. The van der Waals surface area contributed by atoms with E-state index in [1.165, 1.54) is 11.9 Å². The molecular formula is C24H21Cl2N3O3. The minimum atomic E-state index is -0.444. The predicted molar refractivity (Wildman–Crippen MR) is 128 cm³/mol. The minimum Gasteiger partial charge on any atom is -0.332 e. The zero-order valence-corrected chi connectivity index (χ0v) is 19.0. The quantitative estimate of drug-likeness (QED) is 0.516. The molecule has 3 aromatic carbocycles. The van der Waals surface area contributed by atoms with Gasteiger partial charge in [-0.2, -0.15) is 0 Å². The lowest BCUT2D eigenvalue weighted by Crippen LogP contribution is -2.35. The van der Waals surface area contributed by atoms with Crippen LogP contribution in [0.25, 0.3) is 0 Å². The van der Waals surface area contributed by atoms with Gasteiger partial charge in [0.25, 0.3) is 11.8 Å². The van der Waals surface area contributed by atoms with Crippen molar-refractivity contribution in [2.75, 3.05) is 24.2 Å². The molecule has 3 amide bonds. The van der Waals surface area contributed by atoms with Crippen LogP contribution in [0.1, 0.15) is 26.3 Å². The lowest BCUT2D eigenvalue weighted by Gasteiger charge is -2.18. The highest BCUT2D eigenvalue weighted by atomic mass is 35.5. The van der Waals surface area contributed by atoms with Gasteiger partial charge in [0, 0.05) is 23.9 Å². The summed E-state index contributed by atoms with van der Waals surface area (Å²) in [6, 6.07) is 18.7. The number of anilines is 2. The van der Waals surface area contributed by atoms with Gasteiger partial charge in [-0.3, -0.25) is 14.4 Å². The van der Waals surface area contributed by atoms with E-state index in [9.17, 15) is 14.4 Å². The summed E-state index contributed by atoms with van der Waals surface area (Å²) in [6.07, 6.45) is 0. The van der Waals surface area contributed by atoms with E-state index >= 15 is 0 Å². The zero-order valence-electron chi connectivity index (χ0n) is 17.5. The van der Waals surface area contributed by atoms with Crippen LogP contribution in [0.15, 0.2) is 66.7 Å². The molecule has 3 aromatic rings. The molecule has 0 saturated heterocycles. The van der Waals surface area contributed by atoms with Gasteiger partial charge in [-0.05, 0) is 48.9 Å². The Bertz CT molecular complexity index is 1150. The van der Waals surface area contributed by atoms with E-state index in [4.69, 9.17) is 23.2 Å². The predicted octanol–water partition coefficient (Wildman–Crippen LogP) is 5.26. The molecule has 0 bridgehead atoms. The molecule has 0 unspecified atom stereocenters. The number of benzene rings is 3. The van der Waals surface area contributed by atoms with E-state index in [0.29, 0.717) is 32.5 Å². The maximum atomic E-state index is 12.9. The first-order valence-electron chi connectivity index (χ1n) is 9.72. The second-order valence-electron chi connectivity index (χ2n) is 7.16. The summed E-state index contributed by atoms with van der Waals surface area (Å²) in [5.41, 5.74) is 2.47. The van der Waals surface area contributed by atoms with Crippen molar-refractivity contribution in [3.8, 4) is 0 Å². The van der Waals surface area contributed by atoms with Crippen molar-refractivity contribution in [3.05, 3.63) is 93.5 Å². The number of hydrogen-bond donors (Lipinski definition) is 2. The van der Waals surface area contributed by atoms with Gasteiger partial charge >= 0.3 is 0 Å². The second-order valence-corrected chi connectivity index (χ2v) is 7.97. The molecule has 0 saturated carbocycles. The molecule has 8 heteroatoms. The summed E-state index contributed by atoms with van der Waals surface area (Å²) < 4.78 is 0. The van der Waals surface area contributed by atoms with Crippen LogP contribution in [0.5, 0.6) is 0 Å². The molecule has 164 valence electrons. The third-order valence-electron chi connectivity index (χ3n) is 4.72. The lowest BCUT2D eigenvalue weighted by atomic mass is 10.1. The first kappa shape index (κ1) is 23.3. The van der Waals surface area contributed by atoms with Crippen molar-refractivity contribution in [1.29, 1.82) is 0 Å². The van der Waals surface area contributed by atoms with E-state index in [2.05, 4.69) is 10.6 Å². The lowest BCUT2D eigenvalue weighted by molar-refractivity contribution is -0.116. The van der Waals surface area contributed by atoms with E-state index in [1.54, 1.807) is 60.7 Å². The summed E-state index contributed by atoms with van der Waals surface area (Å²) in [4.78, 5) is 39.0. The van der Waals surface area contributed by atoms with Crippen LogP contribution < -0.4 is 10.6 Å². The number of hydrogen-bond acceptors (Lipinski definition) is 3. The van der Waals surface area contributed by atoms with Crippen LogP contribution in [0.4, 0.5) is 11.4 Å². The molecule has 6 nitrogen and oxygen atoms in total. The fourth-order valence-corrected chi connectivity index (χ4v) is 3.47. The zero-order chi connectivity index (χ0) is 23.3. The Hall–Kier alpha value is -3.35. The monoisotopic (exact) mass is 469 g/mol. The van der Waals surface area contributed by atoms with Crippen LogP contribution in [-0.2, 0) is 4.79 Å². The highest BCUT2D eigenvalue weighted by Gasteiger charge is 2.18. The summed E-state index contributed by atoms with van der Waals surface area (Å²) in [5, 5.41) is 6.06. The summed E-state index contributed by atoms with van der Waals surface area (Å²) in [5.74, 6) is -1.09. The largest absolute Gasteiger partial charge is 0.332 e. The number of nitrogens with one attached hydrogen (secondary N) is 2. The fraction of sp³-hybridized carbons (Fsp3) is 0.125. The Morgan fingerprint density at radius 1 is 0.844 bits per heavy atom. The molecule has 0 atom stereocenters. The molecular weight excluding hydrogens is 449 g/mol. The third-order valence-corrected chi connectivity index (χ3v) is 5.35. The third kappa shape index (κ3) is 5.66. The van der Waals surface area contributed by atoms with Crippen LogP contribution in [0.2, 0.25) is 10.0 Å². The van der Waals surface area contributed by atoms with Crippen LogP contribution in [0.3, 0.4) is 0 Å². The van der Waals surface area contributed by atoms with Crippen molar-refractivity contribution in [3.63, 3.8) is 0 Å². The first-order valence-corrected chi connectivity index (χ1v) is 10.5. The molecule has 3 rings (SSSR count). The average Bonchev–Trinajstić information content (AvgIpc) is 2.78. The van der Waals surface area contributed by atoms with Crippen molar-refractivity contribution in [1.82, 2.24) is 4.90 Å². The van der Waals surface area contributed by atoms with E-state index < -0.39 is 5.91 Å². The Morgan fingerprint density at radius 3 is 2.16 bits per heavy atom. The topological polar surface area (TPSA) is 78.5 Å². The van der Waals surface area contributed by atoms with Gasteiger partial charge in [0.1, 0.15) is 0 Å². The fourth-order valence-electron chi connectivity index (χ4n) is 2.98. The average molecular weight is 470 g/mol. The number of aryl methyl sites for hydroxylation is 1. The van der Waals surface area contributed by atoms with Gasteiger partial charge in [-0.25, -0.2) is 0 Å². The maximum absolute atomic E-state index is 12.9. The van der Waals surface area contributed by atoms with Crippen molar-refractivity contribution in [2.24, 2.45) is 0 Å². The number of likely N-dealkylation sites (N-methyl/N-ethyl adjacent to an activating group) is 1. The Balaban J connectivity index is 1.69. The Morgan fingerprint density at radius 2 is 1.50 bits per heavy atom. The Kier molecular flexibility index (Phi) is 7.51. The molecule has 0 heterocycles. The number of halogens is 2. The molecule has 0 aliphatic heterocycles. The number of nitrogens with zero attached hydrogens (tertiary/aromatic N) is 1. The molecule has 0 aliphatic rings. The number of rotatable bonds is 6. The highest BCUT2D eigenvalue weighted by Crippen LogP contribution is 2.29. The Labute approximate surface area is 196 Å². The number of carbonyl (C=O) groups is 3. The van der Waals surface area contributed by atoms with E-state index in [-0.39, 0.29) is 18.4 Å². The minimum absolute atomic E-state index is 0.208. The smallest absolute Gasteiger partial charge is 0.255 e.